The van der Waals surface area contributed by atoms with Crippen molar-refractivity contribution in [3.63, 3.8) is 0 Å². The fraction of sp³-hybridized carbons (Fsp3) is 0.567. The van der Waals surface area contributed by atoms with Crippen molar-refractivity contribution in [2.45, 2.75) is 64.5 Å². The molecular weight excluding hydrogens is 498 g/mol. The summed E-state index contributed by atoms with van der Waals surface area (Å²) in [6, 6.07) is 10.6. The number of halogens is 1. The molecule has 1 aromatic carbocycles. The predicted octanol–water partition coefficient (Wildman–Crippen LogP) is 4.68. The maximum absolute atomic E-state index is 13.2. The van der Waals surface area contributed by atoms with Gasteiger partial charge >= 0.3 is 6.03 Å². The molecule has 0 spiro atoms. The molecular formula is C30H40ClN5O2. The highest BCUT2D eigenvalue weighted by molar-refractivity contribution is 6.30. The lowest BCUT2D eigenvalue weighted by Crippen LogP contribution is -2.52. The summed E-state index contributed by atoms with van der Waals surface area (Å²) >= 11 is 6.36. The number of carbonyl (C=O) groups excluding carboxylic acids is 2. The van der Waals surface area contributed by atoms with Gasteiger partial charge in [0.25, 0.3) is 0 Å². The number of hydrogen-bond donors (Lipinski definition) is 1. The highest BCUT2D eigenvalue weighted by atomic mass is 35.5. The van der Waals surface area contributed by atoms with Crippen LogP contribution < -0.4 is 5.32 Å². The number of likely N-dealkylation sites (tertiary alicyclic amines) is 1. The summed E-state index contributed by atoms with van der Waals surface area (Å²) in [4.78, 5) is 36.9. The predicted molar refractivity (Wildman–Crippen MR) is 150 cm³/mol. The zero-order chi connectivity index (χ0) is 26.9. The van der Waals surface area contributed by atoms with Crippen molar-refractivity contribution in [2.75, 3.05) is 39.3 Å². The Morgan fingerprint density at radius 3 is 2.39 bits per heavy atom. The molecule has 2 saturated heterocycles. The molecule has 0 saturated carbocycles. The van der Waals surface area contributed by atoms with Gasteiger partial charge in [0.2, 0.25) is 5.91 Å². The second-order valence-electron chi connectivity index (χ2n) is 12.0. The Morgan fingerprint density at radius 2 is 1.68 bits per heavy atom. The molecule has 1 N–H and O–H groups in total. The van der Waals surface area contributed by atoms with Crippen molar-refractivity contribution in [1.82, 2.24) is 25.0 Å². The Morgan fingerprint density at radius 1 is 0.974 bits per heavy atom. The third-order valence-corrected chi connectivity index (χ3v) is 8.36. The molecule has 0 bridgehead atoms. The zero-order valence-corrected chi connectivity index (χ0v) is 23.6. The van der Waals surface area contributed by atoms with Crippen molar-refractivity contribution in [2.24, 2.45) is 5.92 Å². The lowest BCUT2D eigenvalue weighted by molar-refractivity contribution is -0.134. The van der Waals surface area contributed by atoms with E-state index in [-0.39, 0.29) is 23.5 Å². The van der Waals surface area contributed by atoms with Gasteiger partial charge < -0.3 is 15.1 Å². The lowest BCUT2D eigenvalue weighted by Gasteiger charge is -2.40. The molecule has 2 aromatic rings. The van der Waals surface area contributed by atoms with Gasteiger partial charge in [-0.1, -0.05) is 23.7 Å². The normalized spacial score (nSPS) is 20.9. The van der Waals surface area contributed by atoms with Crippen LogP contribution in [-0.4, -0.2) is 76.4 Å². The summed E-state index contributed by atoms with van der Waals surface area (Å²) in [6.07, 6.45) is 6.15. The van der Waals surface area contributed by atoms with E-state index in [2.05, 4.69) is 28.4 Å². The summed E-state index contributed by atoms with van der Waals surface area (Å²) in [7, 11) is 0. The molecule has 38 heavy (non-hydrogen) atoms. The zero-order valence-electron chi connectivity index (χ0n) is 22.9. The van der Waals surface area contributed by atoms with Crippen LogP contribution >= 0.6 is 11.6 Å². The summed E-state index contributed by atoms with van der Waals surface area (Å²) in [6.45, 7) is 10.5. The Bertz CT molecular complexity index is 1160. The molecule has 0 radical (unpaired) electrons. The molecule has 2 fully saturated rings. The highest BCUT2D eigenvalue weighted by Gasteiger charge is 2.34. The summed E-state index contributed by atoms with van der Waals surface area (Å²) in [5.41, 5.74) is 4.77. The number of piperazine rings is 1. The van der Waals surface area contributed by atoms with Crippen LogP contribution in [0.1, 0.15) is 68.5 Å². The maximum Gasteiger partial charge on any atom is 0.317 e. The van der Waals surface area contributed by atoms with Crippen molar-refractivity contribution in [1.29, 1.82) is 0 Å². The largest absolute Gasteiger partial charge is 0.340 e. The van der Waals surface area contributed by atoms with E-state index in [0.717, 1.165) is 62.6 Å². The number of aromatic nitrogens is 1. The van der Waals surface area contributed by atoms with E-state index in [1.54, 1.807) is 0 Å². The fourth-order valence-corrected chi connectivity index (χ4v) is 6.29. The first kappa shape index (κ1) is 26.9. The van der Waals surface area contributed by atoms with E-state index in [9.17, 15) is 9.59 Å². The number of nitrogens with zero attached hydrogens (tertiary/aromatic N) is 4. The van der Waals surface area contributed by atoms with Gasteiger partial charge in [-0.2, -0.15) is 0 Å². The molecule has 3 heterocycles. The van der Waals surface area contributed by atoms with Crippen LogP contribution in [0.15, 0.2) is 36.5 Å². The Labute approximate surface area is 231 Å². The topological polar surface area (TPSA) is 68.8 Å². The molecule has 5 rings (SSSR count). The monoisotopic (exact) mass is 537 g/mol. The number of nitrogens with one attached hydrogen (secondary N) is 1. The lowest BCUT2D eigenvalue weighted by atomic mass is 9.92. The smallest absolute Gasteiger partial charge is 0.317 e. The highest BCUT2D eigenvalue weighted by Crippen LogP contribution is 2.37. The van der Waals surface area contributed by atoms with E-state index in [4.69, 9.17) is 16.6 Å². The first-order valence-electron chi connectivity index (χ1n) is 14.0. The van der Waals surface area contributed by atoms with Crippen LogP contribution in [-0.2, 0) is 17.6 Å². The van der Waals surface area contributed by atoms with E-state index in [1.807, 2.05) is 48.9 Å². The molecule has 1 unspecified atom stereocenters. The molecule has 1 aliphatic carbocycles. The molecule has 3 amide bonds. The number of urea groups is 1. The van der Waals surface area contributed by atoms with Crippen LogP contribution in [0.4, 0.5) is 4.79 Å². The number of aryl methyl sites for hydroxylation is 2. The number of hydrogen-bond acceptors (Lipinski definition) is 4. The number of amides is 3. The van der Waals surface area contributed by atoms with Crippen LogP contribution in [0, 0.1) is 5.92 Å². The Hall–Kier alpha value is -2.64. The number of pyridine rings is 1. The molecule has 1 aromatic heterocycles. The third kappa shape index (κ3) is 6.15. The fourth-order valence-electron chi connectivity index (χ4n) is 6.10. The van der Waals surface area contributed by atoms with Gasteiger partial charge in [0.1, 0.15) is 0 Å². The number of piperidine rings is 1. The van der Waals surface area contributed by atoms with Crippen LogP contribution in [0.25, 0.3) is 0 Å². The molecule has 204 valence electrons. The minimum absolute atomic E-state index is 0.00295. The van der Waals surface area contributed by atoms with Crippen molar-refractivity contribution >= 4 is 23.5 Å². The van der Waals surface area contributed by atoms with Crippen LogP contribution in [0.3, 0.4) is 0 Å². The number of carbonyl (C=O) groups is 2. The summed E-state index contributed by atoms with van der Waals surface area (Å²) < 4.78 is 0. The molecule has 7 nitrogen and oxygen atoms in total. The first-order valence-corrected chi connectivity index (χ1v) is 14.4. The van der Waals surface area contributed by atoms with Gasteiger partial charge in [-0.25, -0.2) is 4.79 Å². The van der Waals surface area contributed by atoms with Crippen molar-refractivity contribution in [3.8, 4) is 0 Å². The summed E-state index contributed by atoms with van der Waals surface area (Å²) in [5, 5.41) is 3.82. The van der Waals surface area contributed by atoms with E-state index >= 15 is 0 Å². The van der Waals surface area contributed by atoms with E-state index < -0.39 is 0 Å². The van der Waals surface area contributed by atoms with E-state index in [0.29, 0.717) is 25.4 Å². The van der Waals surface area contributed by atoms with Gasteiger partial charge in [-0.15, -0.1) is 0 Å². The Balaban J connectivity index is 1.18. The second kappa shape index (κ2) is 11.2. The van der Waals surface area contributed by atoms with Gasteiger partial charge in [0.05, 0.1) is 11.7 Å². The molecule has 2 aliphatic heterocycles. The van der Waals surface area contributed by atoms with Gasteiger partial charge in [0.15, 0.2) is 0 Å². The standard InChI is InChI=1S/C30H40ClN5O2/c1-30(2,3)33-29(38)36-13-10-21(11-14-36)19-26(37)34-15-17-35(18-16-34)28-25-9-8-24(31)20-23(25)7-6-22-5-4-12-32-27(22)28/h4-5,8-9,12,20-21,28H,6-7,10-11,13-19H2,1-3H3,(H,33,38). The van der Waals surface area contributed by atoms with Crippen molar-refractivity contribution < 1.29 is 9.59 Å². The molecule has 1 atom stereocenters. The minimum atomic E-state index is -0.240. The van der Waals surface area contributed by atoms with Gasteiger partial charge in [0, 0.05) is 62.4 Å². The Kier molecular flexibility index (Phi) is 7.96. The molecule has 8 heteroatoms. The quantitative estimate of drug-likeness (QED) is 0.617. The number of benzene rings is 1. The van der Waals surface area contributed by atoms with Crippen LogP contribution in [0.5, 0.6) is 0 Å². The second-order valence-corrected chi connectivity index (χ2v) is 12.5. The van der Waals surface area contributed by atoms with Gasteiger partial charge in [-0.05, 0) is 87.3 Å². The molecule has 3 aliphatic rings. The number of fused-ring (bicyclic) bond motifs is 2. The third-order valence-electron chi connectivity index (χ3n) is 8.13. The number of rotatable bonds is 3. The average Bonchev–Trinajstić information content (AvgIpc) is 3.05. The van der Waals surface area contributed by atoms with Crippen molar-refractivity contribution in [3.05, 3.63) is 63.9 Å². The van der Waals surface area contributed by atoms with Crippen LogP contribution in [0.2, 0.25) is 5.02 Å². The van der Waals surface area contributed by atoms with E-state index in [1.165, 1.54) is 16.7 Å². The SMILES string of the molecule is CC(C)(C)NC(=O)N1CCC(CC(=O)N2CCN(C3c4ccc(Cl)cc4CCc4cccnc43)CC2)CC1. The first-order chi connectivity index (χ1) is 18.2. The average molecular weight is 538 g/mol. The van der Waals surface area contributed by atoms with Gasteiger partial charge in [-0.3, -0.25) is 14.7 Å². The minimum Gasteiger partial charge on any atom is -0.340 e. The summed E-state index contributed by atoms with van der Waals surface area (Å²) in [5.74, 6) is 0.586. The maximum atomic E-state index is 13.2.